The Kier molecular flexibility index (Phi) is 5.58. The molecule has 126 valence electrons. The Balaban J connectivity index is 2.01. The van der Waals surface area contributed by atoms with Crippen molar-refractivity contribution in [3.05, 3.63) is 65.7 Å². The Hall–Kier alpha value is -2.82. The van der Waals surface area contributed by atoms with E-state index in [1.807, 2.05) is 69.3 Å². The average Bonchev–Trinajstić information content (AvgIpc) is 2.53. The molecule has 2 aromatic rings. The molecular weight excluding hydrogens is 300 g/mol. The third-order valence-electron chi connectivity index (χ3n) is 3.16. The van der Waals surface area contributed by atoms with Gasteiger partial charge in [-0.1, -0.05) is 30.3 Å². The highest BCUT2D eigenvalue weighted by Crippen LogP contribution is 2.09. The molecule has 5 nitrogen and oxygen atoms in total. The van der Waals surface area contributed by atoms with Crippen molar-refractivity contribution in [3.8, 4) is 0 Å². The quantitative estimate of drug-likeness (QED) is 0.597. The predicted molar refractivity (Wildman–Crippen MR) is 99.1 cm³/mol. The van der Waals surface area contributed by atoms with E-state index in [9.17, 15) is 4.79 Å². The van der Waals surface area contributed by atoms with Gasteiger partial charge >= 0.3 is 0 Å². The molecule has 0 atom stereocenters. The van der Waals surface area contributed by atoms with Gasteiger partial charge in [0.1, 0.15) is 0 Å². The molecule has 0 fully saturated rings. The van der Waals surface area contributed by atoms with Crippen LogP contribution in [0.15, 0.2) is 59.6 Å². The standard InChI is InChI=1S/C19H24N4O/c1-19(2,3)23-17(24)15-9-7-8-14(12-15)13-21-18(20)22-16-10-5-4-6-11-16/h4-12H,13H2,1-3H3,(H,23,24)(H3,20,21,22). The summed E-state index contributed by atoms with van der Waals surface area (Å²) in [6.07, 6.45) is 0. The summed E-state index contributed by atoms with van der Waals surface area (Å²) in [5.74, 6) is 0.245. The lowest BCUT2D eigenvalue weighted by Gasteiger charge is -2.20. The van der Waals surface area contributed by atoms with Crippen LogP contribution >= 0.6 is 0 Å². The van der Waals surface area contributed by atoms with Gasteiger partial charge in [-0.05, 0) is 50.6 Å². The minimum atomic E-state index is -0.269. The molecule has 4 N–H and O–H groups in total. The SMILES string of the molecule is CC(C)(C)NC(=O)c1cccc(CN=C(N)Nc2ccccc2)c1. The van der Waals surface area contributed by atoms with Gasteiger partial charge in [0.15, 0.2) is 5.96 Å². The zero-order valence-corrected chi connectivity index (χ0v) is 14.3. The van der Waals surface area contributed by atoms with Gasteiger partial charge in [-0.25, -0.2) is 4.99 Å². The maximum atomic E-state index is 12.2. The van der Waals surface area contributed by atoms with Crippen LogP contribution in [-0.4, -0.2) is 17.4 Å². The number of amides is 1. The third kappa shape index (κ3) is 5.76. The number of nitrogens with zero attached hydrogens (tertiary/aromatic N) is 1. The highest BCUT2D eigenvalue weighted by molar-refractivity contribution is 5.95. The van der Waals surface area contributed by atoms with Crippen LogP contribution in [0.25, 0.3) is 0 Å². The molecule has 0 aromatic heterocycles. The van der Waals surface area contributed by atoms with Crippen LogP contribution in [0.4, 0.5) is 5.69 Å². The Morgan fingerprint density at radius 2 is 1.79 bits per heavy atom. The van der Waals surface area contributed by atoms with E-state index in [0.717, 1.165) is 11.3 Å². The number of hydrogen-bond donors (Lipinski definition) is 3. The zero-order valence-electron chi connectivity index (χ0n) is 14.3. The molecular formula is C19H24N4O. The smallest absolute Gasteiger partial charge is 0.251 e. The van der Waals surface area contributed by atoms with Gasteiger partial charge in [-0.15, -0.1) is 0 Å². The molecule has 0 heterocycles. The molecule has 0 spiro atoms. The number of carbonyl (C=O) groups is 1. The fraction of sp³-hybridized carbons (Fsp3) is 0.263. The van der Waals surface area contributed by atoms with E-state index in [1.165, 1.54) is 0 Å². The van der Waals surface area contributed by atoms with E-state index < -0.39 is 0 Å². The van der Waals surface area contributed by atoms with Gasteiger partial charge in [0, 0.05) is 16.8 Å². The summed E-state index contributed by atoms with van der Waals surface area (Å²) < 4.78 is 0. The highest BCUT2D eigenvalue weighted by atomic mass is 16.1. The van der Waals surface area contributed by atoms with Crippen LogP contribution in [0.5, 0.6) is 0 Å². The summed E-state index contributed by atoms with van der Waals surface area (Å²) in [6.45, 7) is 6.27. The van der Waals surface area contributed by atoms with Crippen molar-refractivity contribution in [2.45, 2.75) is 32.9 Å². The van der Waals surface area contributed by atoms with Gasteiger partial charge in [0.25, 0.3) is 5.91 Å². The molecule has 0 saturated heterocycles. The van der Waals surface area contributed by atoms with Crippen LogP contribution in [0.3, 0.4) is 0 Å². The lowest BCUT2D eigenvalue weighted by Crippen LogP contribution is -2.40. The fourth-order valence-electron chi connectivity index (χ4n) is 2.11. The Bertz CT molecular complexity index is 718. The summed E-state index contributed by atoms with van der Waals surface area (Å²) in [7, 11) is 0. The number of carbonyl (C=O) groups excluding carboxylic acids is 1. The number of para-hydroxylation sites is 1. The molecule has 0 aliphatic heterocycles. The second-order valence-corrected chi connectivity index (χ2v) is 6.60. The maximum Gasteiger partial charge on any atom is 0.251 e. The van der Waals surface area contributed by atoms with E-state index in [0.29, 0.717) is 18.1 Å². The number of nitrogens with two attached hydrogens (primary N) is 1. The van der Waals surface area contributed by atoms with E-state index in [-0.39, 0.29) is 11.4 Å². The van der Waals surface area contributed by atoms with Crippen molar-refractivity contribution in [3.63, 3.8) is 0 Å². The molecule has 0 unspecified atom stereocenters. The van der Waals surface area contributed by atoms with E-state index in [4.69, 9.17) is 5.73 Å². The van der Waals surface area contributed by atoms with Crippen molar-refractivity contribution in [2.24, 2.45) is 10.7 Å². The van der Waals surface area contributed by atoms with Gasteiger partial charge in [0.05, 0.1) is 6.54 Å². The summed E-state index contributed by atoms with van der Waals surface area (Å²) >= 11 is 0. The average molecular weight is 324 g/mol. The molecule has 2 rings (SSSR count). The summed E-state index contributed by atoms with van der Waals surface area (Å²) in [5, 5.41) is 5.98. The van der Waals surface area contributed by atoms with E-state index >= 15 is 0 Å². The molecule has 24 heavy (non-hydrogen) atoms. The van der Waals surface area contributed by atoms with Crippen LogP contribution in [0.1, 0.15) is 36.7 Å². The molecule has 0 radical (unpaired) electrons. The van der Waals surface area contributed by atoms with Crippen molar-refractivity contribution in [1.29, 1.82) is 0 Å². The van der Waals surface area contributed by atoms with Crippen LogP contribution in [0, 0.1) is 0 Å². The minimum absolute atomic E-state index is 0.0938. The van der Waals surface area contributed by atoms with Crippen LogP contribution in [-0.2, 0) is 6.54 Å². The van der Waals surface area contributed by atoms with Gasteiger partial charge in [-0.2, -0.15) is 0 Å². The number of benzene rings is 2. The van der Waals surface area contributed by atoms with Crippen LogP contribution in [0.2, 0.25) is 0 Å². The monoisotopic (exact) mass is 324 g/mol. The third-order valence-corrected chi connectivity index (χ3v) is 3.16. The first-order valence-corrected chi connectivity index (χ1v) is 7.87. The van der Waals surface area contributed by atoms with Crippen molar-refractivity contribution in [1.82, 2.24) is 5.32 Å². The number of guanidine groups is 1. The molecule has 0 bridgehead atoms. The molecule has 0 saturated carbocycles. The first kappa shape index (κ1) is 17.5. The molecule has 1 amide bonds. The first-order valence-electron chi connectivity index (χ1n) is 7.87. The fourth-order valence-corrected chi connectivity index (χ4v) is 2.11. The second kappa shape index (κ2) is 7.64. The van der Waals surface area contributed by atoms with Crippen molar-refractivity contribution in [2.75, 3.05) is 5.32 Å². The predicted octanol–water partition coefficient (Wildman–Crippen LogP) is 3.14. The number of hydrogen-bond acceptors (Lipinski definition) is 2. The number of nitrogens with one attached hydrogen (secondary N) is 2. The Morgan fingerprint density at radius 3 is 2.46 bits per heavy atom. The minimum Gasteiger partial charge on any atom is -0.370 e. The number of rotatable bonds is 4. The lowest BCUT2D eigenvalue weighted by molar-refractivity contribution is 0.0919. The molecule has 0 aliphatic carbocycles. The van der Waals surface area contributed by atoms with E-state index in [1.54, 1.807) is 6.07 Å². The Morgan fingerprint density at radius 1 is 1.08 bits per heavy atom. The van der Waals surface area contributed by atoms with Crippen molar-refractivity contribution >= 4 is 17.6 Å². The molecule has 0 aliphatic rings. The highest BCUT2D eigenvalue weighted by Gasteiger charge is 2.15. The van der Waals surface area contributed by atoms with E-state index in [2.05, 4.69) is 15.6 Å². The first-order chi connectivity index (χ1) is 11.3. The van der Waals surface area contributed by atoms with Gasteiger partial charge in [-0.3, -0.25) is 4.79 Å². The summed E-state index contributed by atoms with van der Waals surface area (Å²) in [5.41, 5.74) is 8.05. The number of aliphatic imine (C=N–C) groups is 1. The second-order valence-electron chi connectivity index (χ2n) is 6.60. The maximum absolute atomic E-state index is 12.2. The summed E-state index contributed by atoms with van der Waals surface area (Å²) in [6, 6.07) is 17.0. The Labute approximate surface area is 143 Å². The van der Waals surface area contributed by atoms with Gasteiger partial charge < -0.3 is 16.4 Å². The normalized spacial score (nSPS) is 11.9. The molecule has 2 aromatic carbocycles. The largest absolute Gasteiger partial charge is 0.370 e. The topological polar surface area (TPSA) is 79.5 Å². The zero-order chi connectivity index (χ0) is 17.6. The number of anilines is 1. The van der Waals surface area contributed by atoms with Crippen molar-refractivity contribution < 1.29 is 4.79 Å². The molecule has 5 heteroatoms. The van der Waals surface area contributed by atoms with Gasteiger partial charge in [0.2, 0.25) is 0 Å². The van der Waals surface area contributed by atoms with Crippen LogP contribution < -0.4 is 16.4 Å². The summed E-state index contributed by atoms with van der Waals surface area (Å²) in [4.78, 5) is 16.5. The lowest BCUT2D eigenvalue weighted by atomic mass is 10.1.